The van der Waals surface area contributed by atoms with Gasteiger partial charge >= 0.3 is 5.97 Å². The van der Waals surface area contributed by atoms with Crippen LogP contribution in [-0.4, -0.2) is 21.6 Å². The van der Waals surface area contributed by atoms with Crippen LogP contribution < -0.4 is 5.48 Å². The highest BCUT2D eigenvalue weighted by molar-refractivity contribution is 8.00. The average Bonchev–Trinajstić information content (AvgIpc) is 3.15. The number of aryl methyl sites for hydroxylation is 2. The summed E-state index contributed by atoms with van der Waals surface area (Å²) < 4.78 is 2.29. The average molecular weight is 471 g/mol. The van der Waals surface area contributed by atoms with Crippen LogP contribution in [0, 0.1) is 6.92 Å². The number of carbonyl (C=O) groups is 2. The van der Waals surface area contributed by atoms with Crippen LogP contribution in [0.25, 0.3) is 27.5 Å². The van der Waals surface area contributed by atoms with Gasteiger partial charge in [0.2, 0.25) is 0 Å². The number of carbonyl (C=O) groups excluding carboxylic acids is 2. The number of hydrogen-bond donors (Lipinski definition) is 1. The fourth-order valence-corrected chi connectivity index (χ4v) is 5.93. The quantitative estimate of drug-likeness (QED) is 0.276. The molecule has 4 aromatic rings. The van der Waals surface area contributed by atoms with Crippen molar-refractivity contribution in [2.75, 3.05) is 0 Å². The van der Waals surface area contributed by atoms with Gasteiger partial charge in [-0.25, -0.2) is 5.48 Å². The largest absolute Gasteiger partial charge is 0.344 e. The molecule has 6 heteroatoms. The molecule has 3 aromatic carbocycles. The smallest absolute Gasteiger partial charge is 0.329 e. The third kappa shape index (κ3) is 3.68. The van der Waals surface area contributed by atoms with Crippen LogP contribution in [0.5, 0.6) is 0 Å². The molecule has 1 unspecified atom stereocenters. The van der Waals surface area contributed by atoms with Crippen molar-refractivity contribution < 1.29 is 14.4 Å². The van der Waals surface area contributed by atoms with E-state index in [9.17, 15) is 9.59 Å². The van der Waals surface area contributed by atoms with Crippen molar-refractivity contribution in [3.05, 3.63) is 82.9 Å². The SMILES string of the molecule is CCn1c2ccc(C(=O)c3ccccc3C)cc2c2c3c(ccc21)C(NOC(C)=O)=CC(C)S3. The first-order valence-corrected chi connectivity index (χ1v) is 12.3. The Labute approximate surface area is 202 Å². The zero-order valence-electron chi connectivity index (χ0n) is 19.6. The van der Waals surface area contributed by atoms with Gasteiger partial charge in [-0.3, -0.25) is 9.59 Å². The van der Waals surface area contributed by atoms with E-state index in [0.717, 1.165) is 55.6 Å². The number of thioether (sulfide) groups is 1. The maximum absolute atomic E-state index is 13.4. The number of hydrogen-bond acceptors (Lipinski definition) is 5. The number of hydroxylamine groups is 1. The highest BCUT2D eigenvalue weighted by Crippen LogP contribution is 2.45. The zero-order valence-corrected chi connectivity index (χ0v) is 20.5. The lowest BCUT2D eigenvalue weighted by Gasteiger charge is -2.23. The number of nitrogens with one attached hydrogen (secondary N) is 1. The van der Waals surface area contributed by atoms with Gasteiger partial charge in [0, 0.05) is 56.6 Å². The molecule has 2 heterocycles. The summed E-state index contributed by atoms with van der Waals surface area (Å²) in [5.41, 5.74) is 9.21. The van der Waals surface area contributed by atoms with E-state index in [1.165, 1.54) is 6.92 Å². The highest BCUT2D eigenvalue weighted by Gasteiger charge is 2.25. The molecule has 0 saturated heterocycles. The predicted molar refractivity (Wildman–Crippen MR) is 138 cm³/mol. The summed E-state index contributed by atoms with van der Waals surface area (Å²) in [4.78, 5) is 31.0. The molecule has 1 aliphatic rings. The second-order valence-electron chi connectivity index (χ2n) is 8.56. The predicted octanol–water partition coefficient (Wildman–Crippen LogP) is 6.26. The van der Waals surface area contributed by atoms with Crippen molar-refractivity contribution in [1.29, 1.82) is 0 Å². The topological polar surface area (TPSA) is 60.3 Å². The Hall–Kier alpha value is -3.51. The fraction of sp³-hybridized carbons (Fsp3) is 0.214. The minimum atomic E-state index is -0.392. The Bertz CT molecular complexity index is 1500. The lowest BCUT2D eigenvalue weighted by molar-refractivity contribution is -0.145. The van der Waals surface area contributed by atoms with Gasteiger partial charge in [-0.2, -0.15) is 0 Å². The minimum Gasteiger partial charge on any atom is -0.344 e. The van der Waals surface area contributed by atoms with Crippen LogP contribution in [0.2, 0.25) is 0 Å². The first kappa shape index (κ1) is 22.3. The molecule has 5 rings (SSSR count). The third-order valence-corrected chi connectivity index (χ3v) is 7.42. The van der Waals surface area contributed by atoms with Gasteiger partial charge in [-0.05, 0) is 62.7 Å². The van der Waals surface area contributed by atoms with Gasteiger partial charge in [0.25, 0.3) is 0 Å². The van der Waals surface area contributed by atoms with Gasteiger partial charge in [0.15, 0.2) is 5.78 Å². The number of benzene rings is 3. The molecule has 1 aromatic heterocycles. The Kier molecular flexibility index (Phi) is 5.70. The van der Waals surface area contributed by atoms with E-state index < -0.39 is 5.97 Å². The van der Waals surface area contributed by atoms with Gasteiger partial charge in [-0.1, -0.05) is 24.3 Å². The number of aromatic nitrogens is 1. The van der Waals surface area contributed by atoms with Gasteiger partial charge in [0.1, 0.15) is 0 Å². The first-order chi connectivity index (χ1) is 16.4. The lowest BCUT2D eigenvalue weighted by atomic mass is 9.97. The van der Waals surface area contributed by atoms with Crippen molar-refractivity contribution in [3.8, 4) is 0 Å². The number of ketones is 1. The van der Waals surface area contributed by atoms with Crippen molar-refractivity contribution >= 4 is 51.0 Å². The van der Waals surface area contributed by atoms with Crippen LogP contribution in [0.3, 0.4) is 0 Å². The molecular formula is C28H26N2O3S. The molecular weight excluding hydrogens is 444 g/mol. The maximum atomic E-state index is 13.4. The second-order valence-corrected chi connectivity index (χ2v) is 9.94. The Morgan fingerprint density at radius 1 is 1.09 bits per heavy atom. The molecule has 0 fully saturated rings. The molecule has 0 aliphatic carbocycles. The van der Waals surface area contributed by atoms with Crippen molar-refractivity contribution in [2.45, 2.75) is 44.4 Å². The molecule has 172 valence electrons. The first-order valence-electron chi connectivity index (χ1n) is 11.4. The van der Waals surface area contributed by atoms with E-state index in [4.69, 9.17) is 4.84 Å². The lowest BCUT2D eigenvalue weighted by Crippen LogP contribution is -2.20. The molecule has 1 atom stereocenters. The molecule has 1 aliphatic heterocycles. The van der Waals surface area contributed by atoms with Crippen LogP contribution in [0.15, 0.2) is 65.6 Å². The summed E-state index contributed by atoms with van der Waals surface area (Å²) in [7, 11) is 0. The van der Waals surface area contributed by atoms with Crippen molar-refractivity contribution in [1.82, 2.24) is 10.0 Å². The molecule has 1 N–H and O–H groups in total. The third-order valence-electron chi connectivity index (χ3n) is 6.25. The molecule has 0 saturated carbocycles. The van der Waals surface area contributed by atoms with Crippen LogP contribution >= 0.6 is 11.8 Å². The molecule has 5 nitrogen and oxygen atoms in total. The molecule has 0 radical (unpaired) electrons. The van der Waals surface area contributed by atoms with E-state index in [0.29, 0.717) is 5.56 Å². The molecule has 34 heavy (non-hydrogen) atoms. The van der Waals surface area contributed by atoms with Crippen LogP contribution in [0.1, 0.15) is 47.8 Å². The second kappa shape index (κ2) is 8.69. The summed E-state index contributed by atoms with van der Waals surface area (Å²) in [5.74, 6) is -0.364. The van der Waals surface area contributed by atoms with Crippen molar-refractivity contribution in [2.24, 2.45) is 0 Å². The van der Waals surface area contributed by atoms with Crippen molar-refractivity contribution in [3.63, 3.8) is 0 Å². The van der Waals surface area contributed by atoms with E-state index in [1.54, 1.807) is 11.8 Å². The van der Waals surface area contributed by atoms with E-state index in [-0.39, 0.29) is 11.0 Å². The maximum Gasteiger partial charge on any atom is 0.329 e. The van der Waals surface area contributed by atoms with Crippen LogP contribution in [0.4, 0.5) is 0 Å². The fourth-order valence-electron chi connectivity index (χ4n) is 4.72. The van der Waals surface area contributed by atoms with Gasteiger partial charge < -0.3 is 9.40 Å². The Morgan fingerprint density at radius 3 is 2.59 bits per heavy atom. The summed E-state index contributed by atoms with van der Waals surface area (Å²) in [6, 6.07) is 17.9. The van der Waals surface area contributed by atoms with E-state index in [1.807, 2.05) is 43.3 Å². The van der Waals surface area contributed by atoms with Gasteiger partial charge in [-0.15, -0.1) is 11.8 Å². The zero-order chi connectivity index (χ0) is 24.0. The number of nitrogens with zero attached hydrogens (tertiary/aromatic N) is 1. The van der Waals surface area contributed by atoms with Gasteiger partial charge in [0.05, 0.1) is 11.2 Å². The molecule has 0 amide bonds. The summed E-state index contributed by atoms with van der Waals surface area (Å²) >= 11 is 1.78. The summed E-state index contributed by atoms with van der Waals surface area (Å²) in [5, 5.41) is 2.37. The standard InChI is InChI=1S/C28H26N2O3S/c1-5-30-24-12-10-19(27(32)20-9-7-6-8-16(20)2)15-22(24)26-25(30)13-11-21-23(29-33-18(4)31)14-17(3)34-28(21)26/h6-15,17,29H,5H2,1-4H3. The summed E-state index contributed by atoms with van der Waals surface area (Å²) in [6.07, 6.45) is 2.06. The molecule has 0 bridgehead atoms. The van der Waals surface area contributed by atoms with E-state index >= 15 is 0 Å². The normalized spacial score (nSPS) is 15.2. The van der Waals surface area contributed by atoms with E-state index in [2.05, 4.69) is 48.2 Å². The van der Waals surface area contributed by atoms with Crippen LogP contribution in [-0.2, 0) is 16.2 Å². The minimum absolute atomic E-state index is 0.0281. The number of fused-ring (bicyclic) bond motifs is 5. The Morgan fingerprint density at radius 2 is 1.85 bits per heavy atom. The number of rotatable bonds is 5. The molecule has 0 spiro atoms. The summed E-state index contributed by atoms with van der Waals surface area (Å²) in [6.45, 7) is 8.41. The monoisotopic (exact) mass is 470 g/mol. The Balaban J connectivity index is 1.73. The highest BCUT2D eigenvalue weighted by atomic mass is 32.2.